The number of nitrogens with one attached hydrogen (secondary N) is 1. The summed E-state index contributed by atoms with van der Waals surface area (Å²) in [7, 11) is 0. The molecule has 4 rings (SSSR count). The first kappa shape index (κ1) is 14.2. The van der Waals surface area contributed by atoms with Crippen molar-refractivity contribution in [3.05, 3.63) is 84.4 Å². The Morgan fingerprint density at radius 1 is 0.875 bits per heavy atom. The van der Waals surface area contributed by atoms with Crippen molar-refractivity contribution in [3.8, 4) is 11.5 Å². The van der Waals surface area contributed by atoms with Gasteiger partial charge in [-0.05, 0) is 36.4 Å². The minimum absolute atomic E-state index is 0.155. The van der Waals surface area contributed by atoms with Gasteiger partial charge in [0.2, 0.25) is 5.89 Å². The molecule has 0 aliphatic carbocycles. The number of benzene rings is 3. The van der Waals surface area contributed by atoms with Crippen LogP contribution in [0.4, 0.5) is 5.69 Å². The number of aromatic nitrogens is 1. The van der Waals surface area contributed by atoms with E-state index in [1.54, 1.807) is 18.2 Å². The second-order valence-corrected chi connectivity index (χ2v) is 5.39. The van der Waals surface area contributed by atoms with Crippen LogP contribution in [0, 0.1) is 0 Å². The van der Waals surface area contributed by atoms with Crippen LogP contribution in [0.1, 0.15) is 10.4 Å². The Labute approximate surface area is 138 Å². The van der Waals surface area contributed by atoms with E-state index in [-0.39, 0.29) is 5.91 Å². The first-order valence-corrected chi connectivity index (χ1v) is 7.62. The molecule has 1 amide bonds. The van der Waals surface area contributed by atoms with Crippen molar-refractivity contribution in [2.24, 2.45) is 0 Å². The van der Waals surface area contributed by atoms with E-state index < -0.39 is 0 Å². The molecule has 116 valence electrons. The van der Waals surface area contributed by atoms with E-state index in [1.807, 2.05) is 60.7 Å². The second-order valence-electron chi connectivity index (χ2n) is 5.39. The molecule has 1 N–H and O–H groups in total. The van der Waals surface area contributed by atoms with E-state index in [2.05, 4.69) is 10.3 Å². The summed E-state index contributed by atoms with van der Waals surface area (Å²) in [5, 5.41) is 2.87. The number of amides is 1. The second kappa shape index (κ2) is 6.01. The third-order valence-electron chi connectivity index (χ3n) is 3.70. The number of hydrogen-bond acceptors (Lipinski definition) is 3. The number of anilines is 1. The van der Waals surface area contributed by atoms with E-state index >= 15 is 0 Å². The largest absolute Gasteiger partial charge is 0.436 e. The Balaban J connectivity index is 1.63. The molecule has 4 aromatic rings. The van der Waals surface area contributed by atoms with Gasteiger partial charge in [-0.1, -0.05) is 36.4 Å². The maximum Gasteiger partial charge on any atom is 0.255 e. The lowest BCUT2D eigenvalue weighted by atomic mass is 10.2. The van der Waals surface area contributed by atoms with Gasteiger partial charge in [0, 0.05) is 22.9 Å². The molecule has 0 radical (unpaired) electrons. The summed E-state index contributed by atoms with van der Waals surface area (Å²) in [6.45, 7) is 0. The number of carbonyl (C=O) groups is 1. The molecule has 4 heteroatoms. The van der Waals surface area contributed by atoms with Crippen LogP contribution in [-0.2, 0) is 0 Å². The summed E-state index contributed by atoms with van der Waals surface area (Å²) in [6.07, 6.45) is 0. The zero-order valence-electron chi connectivity index (χ0n) is 12.8. The minimum atomic E-state index is -0.155. The highest BCUT2D eigenvalue weighted by atomic mass is 16.3. The standard InChI is InChI=1S/C20H14N2O2/c23-19(14-7-3-1-4-8-14)21-16-11-12-17-18(13-16)24-20(22-17)15-9-5-2-6-10-15/h1-13H,(H,21,23). The van der Waals surface area contributed by atoms with Gasteiger partial charge in [0.15, 0.2) is 5.58 Å². The molecule has 3 aromatic carbocycles. The third-order valence-corrected chi connectivity index (χ3v) is 3.70. The van der Waals surface area contributed by atoms with Gasteiger partial charge in [0.25, 0.3) is 5.91 Å². The molecule has 0 aliphatic heterocycles. The number of oxazole rings is 1. The van der Waals surface area contributed by atoms with Crippen molar-refractivity contribution in [1.82, 2.24) is 4.98 Å². The van der Waals surface area contributed by atoms with Gasteiger partial charge in [-0.3, -0.25) is 4.79 Å². The van der Waals surface area contributed by atoms with E-state index in [9.17, 15) is 4.79 Å². The smallest absolute Gasteiger partial charge is 0.255 e. The fourth-order valence-corrected chi connectivity index (χ4v) is 2.50. The van der Waals surface area contributed by atoms with Crippen LogP contribution in [-0.4, -0.2) is 10.9 Å². The van der Waals surface area contributed by atoms with Crippen molar-refractivity contribution in [3.63, 3.8) is 0 Å². The average Bonchev–Trinajstić information content (AvgIpc) is 3.06. The molecule has 0 unspecified atom stereocenters. The Morgan fingerprint density at radius 2 is 1.58 bits per heavy atom. The molecule has 24 heavy (non-hydrogen) atoms. The van der Waals surface area contributed by atoms with Gasteiger partial charge in [0.05, 0.1) is 0 Å². The van der Waals surface area contributed by atoms with E-state index in [0.29, 0.717) is 22.7 Å². The Morgan fingerprint density at radius 3 is 2.33 bits per heavy atom. The topological polar surface area (TPSA) is 55.1 Å². The molecular weight excluding hydrogens is 300 g/mol. The summed E-state index contributed by atoms with van der Waals surface area (Å²) < 4.78 is 5.82. The van der Waals surface area contributed by atoms with E-state index in [0.717, 1.165) is 11.1 Å². The number of hydrogen-bond donors (Lipinski definition) is 1. The van der Waals surface area contributed by atoms with E-state index in [1.165, 1.54) is 0 Å². The summed E-state index contributed by atoms with van der Waals surface area (Å²) in [4.78, 5) is 16.7. The lowest BCUT2D eigenvalue weighted by Crippen LogP contribution is -2.11. The zero-order valence-corrected chi connectivity index (χ0v) is 12.8. The van der Waals surface area contributed by atoms with Crippen molar-refractivity contribution in [2.75, 3.05) is 5.32 Å². The van der Waals surface area contributed by atoms with Crippen LogP contribution in [0.3, 0.4) is 0 Å². The summed E-state index contributed by atoms with van der Waals surface area (Å²) in [5.41, 5.74) is 3.60. The number of nitrogens with zero attached hydrogens (tertiary/aromatic N) is 1. The molecule has 0 aliphatic rings. The third kappa shape index (κ3) is 2.77. The fraction of sp³-hybridized carbons (Fsp3) is 0. The normalized spacial score (nSPS) is 10.7. The first-order valence-electron chi connectivity index (χ1n) is 7.62. The van der Waals surface area contributed by atoms with Gasteiger partial charge < -0.3 is 9.73 Å². The Bertz CT molecular complexity index is 992. The average molecular weight is 314 g/mol. The van der Waals surface area contributed by atoms with Crippen LogP contribution in [0.5, 0.6) is 0 Å². The maximum atomic E-state index is 12.2. The van der Waals surface area contributed by atoms with Crippen molar-refractivity contribution >= 4 is 22.7 Å². The van der Waals surface area contributed by atoms with Crippen LogP contribution in [0.2, 0.25) is 0 Å². The van der Waals surface area contributed by atoms with Crippen molar-refractivity contribution in [1.29, 1.82) is 0 Å². The maximum absolute atomic E-state index is 12.2. The van der Waals surface area contributed by atoms with E-state index in [4.69, 9.17) is 4.42 Å². The molecule has 0 saturated heterocycles. The SMILES string of the molecule is O=C(Nc1ccc2nc(-c3ccccc3)oc2c1)c1ccccc1. The fourth-order valence-electron chi connectivity index (χ4n) is 2.50. The quantitative estimate of drug-likeness (QED) is 0.594. The van der Waals surface area contributed by atoms with Gasteiger partial charge >= 0.3 is 0 Å². The van der Waals surface area contributed by atoms with Crippen molar-refractivity contribution in [2.45, 2.75) is 0 Å². The predicted octanol–water partition coefficient (Wildman–Crippen LogP) is 4.75. The molecule has 0 fully saturated rings. The zero-order chi connectivity index (χ0) is 16.4. The highest BCUT2D eigenvalue weighted by molar-refractivity contribution is 6.04. The highest BCUT2D eigenvalue weighted by Gasteiger charge is 2.10. The summed E-state index contributed by atoms with van der Waals surface area (Å²) in [5.74, 6) is 0.412. The number of carbonyl (C=O) groups excluding carboxylic acids is 1. The lowest BCUT2D eigenvalue weighted by molar-refractivity contribution is 0.102. The Kier molecular flexibility index (Phi) is 3.56. The molecule has 4 nitrogen and oxygen atoms in total. The predicted molar refractivity (Wildman–Crippen MR) is 93.8 cm³/mol. The van der Waals surface area contributed by atoms with Crippen LogP contribution in [0.25, 0.3) is 22.6 Å². The molecule has 0 atom stereocenters. The minimum Gasteiger partial charge on any atom is -0.436 e. The van der Waals surface area contributed by atoms with Crippen molar-refractivity contribution < 1.29 is 9.21 Å². The molecule has 0 saturated carbocycles. The van der Waals surface area contributed by atoms with Gasteiger partial charge in [-0.15, -0.1) is 0 Å². The number of fused-ring (bicyclic) bond motifs is 1. The number of rotatable bonds is 3. The first-order chi connectivity index (χ1) is 11.8. The summed E-state index contributed by atoms with van der Waals surface area (Å²) in [6, 6.07) is 24.3. The van der Waals surface area contributed by atoms with Crippen LogP contribution in [0.15, 0.2) is 83.3 Å². The van der Waals surface area contributed by atoms with Gasteiger partial charge in [0.1, 0.15) is 5.52 Å². The van der Waals surface area contributed by atoms with Gasteiger partial charge in [-0.2, -0.15) is 0 Å². The molecule has 0 spiro atoms. The molecule has 1 aromatic heterocycles. The summed E-state index contributed by atoms with van der Waals surface area (Å²) >= 11 is 0. The lowest BCUT2D eigenvalue weighted by Gasteiger charge is -2.04. The Hall–Kier alpha value is -3.40. The molecule has 0 bridgehead atoms. The monoisotopic (exact) mass is 314 g/mol. The highest BCUT2D eigenvalue weighted by Crippen LogP contribution is 2.26. The van der Waals surface area contributed by atoms with Gasteiger partial charge in [-0.25, -0.2) is 4.98 Å². The molecular formula is C20H14N2O2. The van der Waals surface area contributed by atoms with Crippen LogP contribution < -0.4 is 5.32 Å². The van der Waals surface area contributed by atoms with Crippen LogP contribution >= 0.6 is 0 Å². The molecule has 1 heterocycles.